The molecule has 1 unspecified atom stereocenters. The molecule has 0 bridgehead atoms. The van der Waals surface area contributed by atoms with Crippen molar-refractivity contribution in [3.05, 3.63) is 29.7 Å². The molecule has 2 aromatic heterocycles. The molecule has 1 amide bonds. The highest BCUT2D eigenvalue weighted by Gasteiger charge is 2.19. The number of carbonyl (C=O) groups is 2. The lowest BCUT2D eigenvalue weighted by molar-refractivity contribution is -0.119. The molecule has 24 heavy (non-hydrogen) atoms. The first-order chi connectivity index (χ1) is 11.4. The number of ketones is 1. The van der Waals surface area contributed by atoms with E-state index in [2.05, 4.69) is 15.3 Å². The number of hydrogen-bond acceptors (Lipinski definition) is 6. The van der Waals surface area contributed by atoms with Crippen LogP contribution in [-0.4, -0.2) is 33.5 Å². The van der Waals surface area contributed by atoms with Gasteiger partial charge in [-0.25, -0.2) is 9.97 Å². The summed E-state index contributed by atoms with van der Waals surface area (Å²) < 4.78 is 5.32. The van der Waals surface area contributed by atoms with Crippen LogP contribution in [0, 0.1) is 6.92 Å². The number of nitrogens with zero attached hydrogens (tertiary/aromatic N) is 2. The molecule has 0 fully saturated rings. The van der Waals surface area contributed by atoms with Crippen LogP contribution in [0.2, 0.25) is 0 Å². The summed E-state index contributed by atoms with van der Waals surface area (Å²) in [6, 6.07) is 3.63. The van der Waals surface area contributed by atoms with Gasteiger partial charge in [-0.2, -0.15) is 0 Å². The summed E-state index contributed by atoms with van der Waals surface area (Å²) in [6.45, 7) is 7.19. The second-order valence-electron chi connectivity index (χ2n) is 5.51. The van der Waals surface area contributed by atoms with Gasteiger partial charge in [-0.1, -0.05) is 18.7 Å². The van der Waals surface area contributed by atoms with Gasteiger partial charge in [-0.15, -0.1) is 0 Å². The van der Waals surface area contributed by atoms with E-state index < -0.39 is 0 Å². The number of rotatable bonds is 7. The minimum atomic E-state index is -0.122. The molecule has 7 heteroatoms. The van der Waals surface area contributed by atoms with E-state index in [0.29, 0.717) is 27.9 Å². The van der Waals surface area contributed by atoms with Gasteiger partial charge < -0.3 is 9.73 Å². The Morgan fingerprint density at radius 2 is 2.12 bits per heavy atom. The van der Waals surface area contributed by atoms with Crippen molar-refractivity contribution in [1.29, 1.82) is 0 Å². The molecule has 0 radical (unpaired) electrons. The van der Waals surface area contributed by atoms with Gasteiger partial charge in [0.2, 0.25) is 5.91 Å². The van der Waals surface area contributed by atoms with Crippen LogP contribution in [0.25, 0.3) is 11.6 Å². The molecule has 0 aliphatic heterocycles. The van der Waals surface area contributed by atoms with Crippen LogP contribution in [0.4, 0.5) is 0 Å². The minimum absolute atomic E-state index is 0.0836. The highest BCUT2D eigenvalue weighted by molar-refractivity contribution is 8.00. The Hall–Kier alpha value is -2.15. The van der Waals surface area contributed by atoms with E-state index in [9.17, 15) is 9.59 Å². The third-order valence-electron chi connectivity index (χ3n) is 3.51. The molecule has 2 heterocycles. The molecule has 0 saturated heterocycles. The lowest BCUT2D eigenvalue weighted by atomic mass is 10.2. The summed E-state index contributed by atoms with van der Waals surface area (Å²) in [5, 5.41) is 3.40. The number of amides is 1. The van der Waals surface area contributed by atoms with E-state index >= 15 is 0 Å². The number of carbonyl (C=O) groups excluding carboxylic acids is 2. The molecule has 0 saturated carbocycles. The van der Waals surface area contributed by atoms with E-state index in [1.807, 2.05) is 13.8 Å². The molecule has 6 nitrogen and oxygen atoms in total. The molecule has 0 aliphatic rings. The second kappa shape index (κ2) is 8.10. The standard InChI is InChI=1S/C17H21N3O3S/c1-5-10(2)18-14(22)9-24-17-15(12(4)21)11(3)19-16(20-17)13-7-6-8-23-13/h6-8,10H,5,9H2,1-4H3,(H,18,22). The van der Waals surface area contributed by atoms with Gasteiger partial charge in [0.15, 0.2) is 17.4 Å². The number of Topliss-reactive ketones (excluding diaryl/α,β-unsaturated/α-hetero) is 1. The second-order valence-corrected chi connectivity index (χ2v) is 6.48. The van der Waals surface area contributed by atoms with Crippen molar-refractivity contribution in [2.75, 3.05) is 5.75 Å². The SMILES string of the molecule is CCC(C)NC(=O)CSc1nc(-c2ccco2)nc(C)c1C(C)=O. The number of nitrogens with one attached hydrogen (secondary N) is 1. The van der Waals surface area contributed by atoms with E-state index in [0.717, 1.165) is 6.42 Å². The Morgan fingerprint density at radius 1 is 1.38 bits per heavy atom. The summed E-state index contributed by atoms with van der Waals surface area (Å²) in [5.74, 6) is 0.924. The number of aryl methyl sites for hydroxylation is 1. The highest BCUT2D eigenvalue weighted by Crippen LogP contribution is 2.26. The number of hydrogen-bond donors (Lipinski definition) is 1. The highest BCUT2D eigenvalue weighted by atomic mass is 32.2. The molecular formula is C17H21N3O3S. The maximum Gasteiger partial charge on any atom is 0.230 e. The Kier molecular flexibility index (Phi) is 6.14. The van der Waals surface area contributed by atoms with Crippen molar-refractivity contribution < 1.29 is 14.0 Å². The number of furan rings is 1. The molecule has 0 spiro atoms. The summed E-state index contributed by atoms with van der Waals surface area (Å²) in [7, 11) is 0. The fourth-order valence-corrected chi connectivity index (χ4v) is 3.06. The van der Waals surface area contributed by atoms with Crippen molar-refractivity contribution >= 4 is 23.5 Å². The normalized spacial score (nSPS) is 12.0. The van der Waals surface area contributed by atoms with E-state index in [1.165, 1.54) is 18.7 Å². The minimum Gasteiger partial charge on any atom is -0.461 e. The zero-order valence-corrected chi connectivity index (χ0v) is 15.1. The third kappa shape index (κ3) is 4.44. The molecule has 2 aromatic rings. The van der Waals surface area contributed by atoms with Gasteiger partial charge in [0, 0.05) is 6.04 Å². The number of aromatic nitrogens is 2. The van der Waals surface area contributed by atoms with Crippen molar-refractivity contribution in [2.45, 2.75) is 45.2 Å². The van der Waals surface area contributed by atoms with Crippen LogP contribution in [0.3, 0.4) is 0 Å². The Bertz CT molecular complexity index is 729. The first-order valence-electron chi connectivity index (χ1n) is 7.78. The van der Waals surface area contributed by atoms with Crippen LogP contribution < -0.4 is 5.32 Å². The fourth-order valence-electron chi connectivity index (χ4n) is 2.12. The average molecular weight is 347 g/mol. The van der Waals surface area contributed by atoms with Gasteiger partial charge in [0.1, 0.15) is 5.03 Å². The average Bonchev–Trinajstić information content (AvgIpc) is 3.06. The topological polar surface area (TPSA) is 85.1 Å². The predicted octanol–water partition coefficient (Wildman–Crippen LogP) is 3.25. The van der Waals surface area contributed by atoms with Gasteiger partial charge in [0.25, 0.3) is 0 Å². The molecule has 2 rings (SSSR count). The first kappa shape index (κ1) is 18.2. The van der Waals surface area contributed by atoms with Gasteiger partial charge in [-0.05, 0) is 39.3 Å². The molecule has 1 atom stereocenters. The van der Waals surface area contributed by atoms with Crippen molar-refractivity contribution in [3.8, 4) is 11.6 Å². The summed E-state index contributed by atoms with van der Waals surface area (Å²) in [4.78, 5) is 32.7. The van der Waals surface area contributed by atoms with Crippen molar-refractivity contribution in [2.24, 2.45) is 0 Å². The maximum atomic E-state index is 12.0. The maximum absolute atomic E-state index is 12.0. The van der Waals surface area contributed by atoms with E-state index in [1.54, 1.807) is 25.3 Å². The van der Waals surface area contributed by atoms with Crippen molar-refractivity contribution in [1.82, 2.24) is 15.3 Å². The zero-order valence-electron chi connectivity index (χ0n) is 14.3. The largest absolute Gasteiger partial charge is 0.461 e. The van der Waals surface area contributed by atoms with Crippen LogP contribution >= 0.6 is 11.8 Å². The van der Waals surface area contributed by atoms with E-state index in [4.69, 9.17) is 4.42 Å². The van der Waals surface area contributed by atoms with Gasteiger partial charge in [-0.3, -0.25) is 9.59 Å². The van der Waals surface area contributed by atoms with Crippen LogP contribution in [-0.2, 0) is 4.79 Å². The number of thioether (sulfide) groups is 1. The molecule has 1 N–H and O–H groups in total. The van der Waals surface area contributed by atoms with Crippen molar-refractivity contribution in [3.63, 3.8) is 0 Å². The Balaban J connectivity index is 2.26. The molecule has 0 aliphatic carbocycles. The first-order valence-corrected chi connectivity index (χ1v) is 8.76. The summed E-state index contributed by atoms with van der Waals surface area (Å²) >= 11 is 1.24. The van der Waals surface area contributed by atoms with Gasteiger partial charge in [0.05, 0.1) is 23.3 Å². The van der Waals surface area contributed by atoms with Crippen LogP contribution in [0.5, 0.6) is 0 Å². The Morgan fingerprint density at radius 3 is 2.71 bits per heavy atom. The zero-order chi connectivity index (χ0) is 17.7. The third-order valence-corrected chi connectivity index (χ3v) is 4.49. The monoisotopic (exact) mass is 347 g/mol. The summed E-state index contributed by atoms with van der Waals surface area (Å²) in [6.07, 6.45) is 2.41. The summed E-state index contributed by atoms with van der Waals surface area (Å²) in [5.41, 5.74) is 1.03. The quantitative estimate of drug-likeness (QED) is 0.470. The van der Waals surface area contributed by atoms with Crippen LogP contribution in [0.15, 0.2) is 27.8 Å². The molecule has 0 aromatic carbocycles. The Labute approximate surface area is 145 Å². The molecule has 128 valence electrons. The van der Waals surface area contributed by atoms with Gasteiger partial charge >= 0.3 is 0 Å². The lowest BCUT2D eigenvalue weighted by Gasteiger charge is -2.12. The smallest absolute Gasteiger partial charge is 0.230 e. The fraction of sp³-hybridized carbons (Fsp3) is 0.412. The van der Waals surface area contributed by atoms with E-state index in [-0.39, 0.29) is 23.5 Å². The van der Waals surface area contributed by atoms with Crippen LogP contribution in [0.1, 0.15) is 43.2 Å². The lowest BCUT2D eigenvalue weighted by Crippen LogP contribution is -2.33. The molecular weight excluding hydrogens is 326 g/mol. The predicted molar refractivity (Wildman–Crippen MR) is 93.1 cm³/mol.